The first-order chi connectivity index (χ1) is 13.7. The van der Waals surface area contributed by atoms with Gasteiger partial charge in [-0.15, -0.1) is 0 Å². The second-order valence-electron chi connectivity index (χ2n) is 8.11. The summed E-state index contributed by atoms with van der Waals surface area (Å²) >= 11 is 0. The van der Waals surface area contributed by atoms with E-state index in [4.69, 9.17) is 19.4 Å². The lowest BCUT2D eigenvalue weighted by Crippen LogP contribution is -2.38. The molecule has 1 aromatic heterocycles. The summed E-state index contributed by atoms with van der Waals surface area (Å²) in [5.74, 6) is 2.62. The van der Waals surface area contributed by atoms with Crippen molar-refractivity contribution in [2.24, 2.45) is 0 Å². The molecule has 148 valence electrons. The highest BCUT2D eigenvalue weighted by atomic mass is 16.5. The second kappa shape index (κ2) is 7.24. The first kappa shape index (κ1) is 17.7. The van der Waals surface area contributed by atoms with E-state index in [2.05, 4.69) is 28.1 Å². The number of nitrogens with zero attached hydrogens (tertiary/aromatic N) is 4. The Morgan fingerprint density at radius 2 is 1.79 bits per heavy atom. The molecule has 0 spiro atoms. The van der Waals surface area contributed by atoms with Crippen molar-refractivity contribution in [1.82, 2.24) is 14.9 Å². The third kappa shape index (κ3) is 3.09. The van der Waals surface area contributed by atoms with Gasteiger partial charge in [-0.1, -0.05) is 0 Å². The van der Waals surface area contributed by atoms with E-state index >= 15 is 0 Å². The summed E-state index contributed by atoms with van der Waals surface area (Å²) < 4.78 is 10.9. The minimum Gasteiger partial charge on any atom is -0.497 e. The lowest BCUT2D eigenvalue weighted by molar-refractivity contribution is 0.166. The first-order valence-electron chi connectivity index (χ1n) is 10.3. The highest BCUT2D eigenvalue weighted by Crippen LogP contribution is 2.44. The monoisotopic (exact) mass is 380 g/mol. The van der Waals surface area contributed by atoms with Gasteiger partial charge in [0.25, 0.3) is 0 Å². The SMILES string of the molecule is COc1cc(CN2C3CCC2c2cnc(N4CCCC4)nc2C3)cc(OC)c1. The van der Waals surface area contributed by atoms with Gasteiger partial charge >= 0.3 is 0 Å². The molecule has 2 unspecified atom stereocenters. The molecule has 1 aromatic carbocycles. The average Bonchev–Trinajstić information content (AvgIpc) is 3.35. The van der Waals surface area contributed by atoms with Crippen molar-refractivity contribution in [2.45, 2.75) is 50.7 Å². The fourth-order valence-electron chi connectivity index (χ4n) is 5.05. The van der Waals surface area contributed by atoms with Gasteiger partial charge in [0.1, 0.15) is 11.5 Å². The number of aromatic nitrogens is 2. The fourth-order valence-corrected chi connectivity index (χ4v) is 5.05. The zero-order valence-electron chi connectivity index (χ0n) is 16.7. The van der Waals surface area contributed by atoms with Crippen LogP contribution in [0.4, 0.5) is 5.95 Å². The molecule has 6 nitrogen and oxygen atoms in total. The van der Waals surface area contributed by atoms with Crippen LogP contribution in [0, 0.1) is 0 Å². The summed E-state index contributed by atoms with van der Waals surface area (Å²) in [6.45, 7) is 3.08. The number of methoxy groups -OCH3 is 2. The van der Waals surface area contributed by atoms with E-state index in [0.29, 0.717) is 12.1 Å². The first-order valence-corrected chi connectivity index (χ1v) is 10.3. The van der Waals surface area contributed by atoms with Gasteiger partial charge in [-0.2, -0.15) is 0 Å². The van der Waals surface area contributed by atoms with Crippen molar-refractivity contribution in [1.29, 1.82) is 0 Å². The van der Waals surface area contributed by atoms with Gasteiger partial charge in [0.15, 0.2) is 0 Å². The van der Waals surface area contributed by atoms with Crippen LogP contribution in [0.5, 0.6) is 11.5 Å². The Hall–Kier alpha value is -2.34. The molecule has 2 atom stereocenters. The van der Waals surface area contributed by atoms with Gasteiger partial charge < -0.3 is 14.4 Å². The Labute approximate surface area is 166 Å². The van der Waals surface area contributed by atoms with Crippen LogP contribution in [-0.2, 0) is 13.0 Å². The largest absolute Gasteiger partial charge is 0.497 e. The van der Waals surface area contributed by atoms with Crippen LogP contribution in [0.2, 0.25) is 0 Å². The maximum absolute atomic E-state index is 5.45. The van der Waals surface area contributed by atoms with Crippen LogP contribution < -0.4 is 14.4 Å². The summed E-state index contributed by atoms with van der Waals surface area (Å²) in [7, 11) is 3.41. The molecule has 3 aliphatic rings. The van der Waals surface area contributed by atoms with Crippen molar-refractivity contribution < 1.29 is 9.47 Å². The van der Waals surface area contributed by atoms with E-state index < -0.39 is 0 Å². The molecule has 0 aliphatic carbocycles. The van der Waals surface area contributed by atoms with Gasteiger partial charge in [0.05, 0.1) is 19.9 Å². The number of benzene rings is 1. The number of hydrogen-bond acceptors (Lipinski definition) is 6. The normalized spacial score (nSPS) is 23.7. The summed E-state index contributed by atoms with van der Waals surface area (Å²) in [4.78, 5) is 14.7. The van der Waals surface area contributed by atoms with E-state index in [1.807, 2.05) is 6.07 Å². The van der Waals surface area contributed by atoms with Crippen LogP contribution in [0.15, 0.2) is 24.4 Å². The van der Waals surface area contributed by atoms with Gasteiger partial charge in [0, 0.05) is 56.0 Å². The molecule has 5 rings (SSSR count). The van der Waals surface area contributed by atoms with E-state index in [1.165, 1.54) is 42.5 Å². The van der Waals surface area contributed by atoms with Crippen LogP contribution in [0.25, 0.3) is 0 Å². The molecular formula is C22H28N4O2. The lowest BCUT2D eigenvalue weighted by atomic mass is 9.98. The second-order valence-corrected chi connectivity index (χ2v) is 8.11. The van der Waals surface area contributed by atoms with Crippen molar-refractivity contribution in [3.05, 3.63) is 41.2 Å². The zero-order chi connectivity index (χ0) is 19.1. The Kier molecular flexibility index (Phi) is 4.59. The average molecular weight is 380 g/mol. The number of hydrogen-bond donors (Lipinski definition) is 0. The van der Waals surface area contributed by atoms with E-state index in [0.717, 1.165) is 43.5 Å². The predicted octanol–water partition coefficient (Wildman–Crippen LogP) is 3.36. The number of ether oxygens (including phenoxy) is 2. The molecule has 6 heteroatoms. The van der Waals surface area contributed by atoms with Crippen LogP contribution in [-0.4, -0.2) is 48.2 Å². The standard InChI is InChI=1S/C22H28N4O2/c1-27-17-9-15(10-18(12-17)28-2)14-26-16-5-6-21(26)19-13-23-22(24-20(19)11-16)25-7-3-4-8-25/h9-10,12-13,16,21H,3-8,11,14H2,1-2H3. The molecule has 0 radical (unpaired) electrons. The molecule has 2 aromatic rings. The van der Waals surface area contributed by atoms with Gasteiger partial charge in [-0.3, -0.25) is 4.90 Å². The minimum absolute atomic E-state index is 0.415. The van der Waals surface area contributed by atoms with E-state index in [9.17, 15) is 0 Å². The highest BCUT2D eigenvalue weighted by Gasteiger charge is 2.41. The third-order valence-corrected chi connectivity index (χ3v) is 6.48. The van der Waals surface area contributed by atoms with Crippen molar-refractivity contribution in [3.63, 3.8) is 0 Å². The fraction of sp³-hybridized carbons (Fsp3) is 0.545. The van der Waals surface area contributed by atoms with Crippen molar-refractivity contribution >= 4 is 5.95 Å². The Bertz CT molecular complexity index is 843. The molecule has 3 aliphatic heterocycles. The maximum atomic E-state index is 5.45. The zero-order valence-corrected chi connectivity index (χ0v) is 16.7. The Morgan fingerprint density at radius 1 is 1.04 bits per heavy atom. The molecule has 2 fully saturated rings. The quantitative estimate of drug-likeness (QED) is 0.793. The van der Waals surface area contributed by atoms with Gasteiger partial charge in [-0.05, 0) is 43.4 Å². The van der Waals surface area contributed by atoms with Crippen molar-refractivity contribution in [3.8, 4) is 11.5 Å². The summed E-state index contributed by atoms with van der Waals surface area (Å²) in [5, 5.41) is 0. The summed E-state index contributed by atoms with van der Waals surface area (Å²) in [6.07, 6.45) is 8.04. The van der Waals surface area contributed by atoms with Gasteiger partial charge in [0.2, 0.25) is 5.95 Å². The minimum atomic E-state index is 0.415. The maximum Gasteiger partial charge on any atom is 0.225 e. The molecule has 2 saturated heterocycles. The molecule has 4 heterocycles. The van der Waals surface area contributed by atoms with Crippen LogP contribution in [0.3, 0.4) is 0 Å². The molecule has 28 heavy (non-hydrogen) atoms. The summed E-state index contributed by atoms with van der Waals surface area (Å²) in [5.41, 5.74) is 3.82. The van der Waals surface area contributed by atoms with Gasteiger partial charge in [-0.25, -0.2) is 9.97 Å². The molecule has 0 amide bonds. The molecule has 0 saturated carbocycles. The highest BCUT2D eigenvalue weighted by molar-refractivity contribution is 5.40. The van der Waals surface area contributed by atoms with Crippen molar-refractivity contribution in [2.75, 3.05) is 32.2 Å². The van der Waals surface area contributed by atoms with E-state index in [1.54, 1.807) is 14.2 Å². The van der Waals surface area contributed by atoms with Crippen LogP contribution in [0.1, 0.15) is 48.5 Å². The Balaban J connectivity index is 1.40. The number of anilines is 1. The van der Waals surface area contributed by atoms with E-state index in [-0.39, 0.29) is 0 Å². The number of fused-ring (bicyclic) bond motifs is 4. The van der Waals surface area contributed by atoms with Crippen LogP contribution >= 0.6 is 0 Å². The lowest BCUT2D eigenvalue weighted by Gasteiger charge is -2.36. The molecule has 0 N–H and O–H groups in total. The summed E-state index contributed by atoms with van der Waals surface area (Å²) in [6, 6.07) is 7.13. The predicted molar refractivity (Wildman–Crippen MR) is 108 cm³/mol. The smallest absolute Gasteiger partial charge is 0.225 e. The number of rotatable bonds is 5. The third-order valence-electron chi connectivity index (χ3n) is 6.48. The Morgan fingerprint density at radius 3 is 2.50 bits per heavy atom. The molecular weight excluding hydrogens is 352 g/mol. The molecule has 2 bridgehead atoms. The topological polar surface area (TPSA) is 50.7 Å².